The van der Waals surface area contributed by atoms with Gasteiger partial charge in [0, 0.05) is 0 Å². The van der Waals surface area contributed by atoms with E-state index in [1.54, 1.807) is 0 Å². The minimum Gasteiger partial charge on any atom is -0.0769 e. The lowest BCUT2D eigenvalue weighted by Crippen LogP contribution is -2.13. The number of rotatable bonds is 3. The SMILES string of the molecule is [B]C1CC(C)C(CCC2CCC2)C1. The summed E-state index contributed by atoms with van der Waals surface area (Å²) in [7, 11) is 5.97. The van der Waals surface area contributed by atoms with Gasteiger partial charge < -0.3 is 0 Å². The zero-order valence-electron chi connectivity index (χ0n) is 8.84. The number of hydrogen-bond acceptors (Lipinski definition) is 0. The Balaban J connectivity index is 1.68. The third kappa shape index (κ3) is 2.30. The molecule has 0 aromatic carbocycles. The highest BCUT2D eigenvalue weighted by Gasteiger charge is 2.29. The largest absolute Gasteiger partial charge is 0.0769 e. The molecule has 0 bridgehead atoms. The Hall–Kier alpha value is 0.0649. The maximum atomic E-state index is 5.97. The van der Waals surface area contributed by atoms with Crippen LogP contribution in [0.4, 0.5) is 0 Å². The van der Waals surface area contributed by atoms with Gasteiger partial charge in [-0.05, 0) is 24.2 Å². The van der Waals surface area contributed by atoms with Crippen molar-refractivity contribution < 1.29 is 0 Å². The van der Waals surface area contributed by atoms with Crippen molar-refractivity contribution in [1.82, 2.24) is 0 Å². The molecule has 0 heterocycles. The Kier molecular flexibility index (Phi) is 3.01. The molecular formula is C12H21B. The summed E-state index contributed by atoms with van der Waals surface area (Å²) in [5, 5.41) is 0. The van der Waals surface area contributed by atoms with Crippen molar-refractivity contribution in [3.63, 3.8) is 0 Å². The van der Waals surface area contributed by atoms with E-state index in [0.29, 0.717) is 5.82 Å². The standard InChI is InChI=1S/C12H21B/c1-9-7-12(13)8-11(9)6-5-10-3-2-4-10/h9-12H,2-8H2,1H3. The average Bonchev–Trinajstić information content (AvgIpc) is 2.27. The molecule has 1 heteroatoms. The third-order valence-electron chi connectivity index (χ3n) is 4.26. The molecule has 0 saturated heterocycles. The second kappa shape index (κ2) is 4.06. The normalized spacial score (nSPS) is 40.5. The van der Waals surface area contributed by atoms with Crippen LogP contribution in [0.25, 0.3) is 0 Å². The summed E-state index contributed by atoms with van der Waals surface area (Å²) in [5.74, 6) is 3.45. The molecule has 0 nitrogen and oxygen atoms in total. The minimum atomic E-state index is 0.515. The van der Waals surface area contributed by atoms with Gasteiger partial charge in [0.1, 0.15) is 0 Å². The quantitative estimate of drug-likeness (QED) is 0.576. The molecule has 0 aromatic rings. The van der Waals surface area contributed by atoms with E-state index in [1.807, 2.05) is 0 Å². The smallest absolute Gasteiger partial charge is 0.0699 e. The molecule has 2 saturated carbocycles. The third-order valence-corrected chi connectivity index (χ3v) is 4.26. The van der Waals surface area contributed by atoms with Gasteiger partial charge in [-0.2, -0.15) is 0 Å². The van der Waals surface area contributed by atoms with E-state index in [0.717, 1.165) is 17.8 Å². The van der Waals surface area contributed by atoms with Crippen LogP contribution < -0.4 is 0 Å². The van der Waals surface area contributed by atoms with Crippen molar-refractivity contribution in [3.05, 3.63) is 0 Å². The predicted octanol–water partition coefficient (Wildman–Crippen LogP) is 3.57. The van der Waals surface area contributed by atoms with Crippen LogP contribution in [0.15, 0.2) is 0 Å². The minimum absolute atomic E-state index is 0.515. The molecule has 2 rings (SSSR count). The van der Waals surface area contributed by atoms with Crippen LogP contribution in [0.3, 0.4) is 0 Å². The first kappa shape index (κ1) is 9.61. The fraction of sp³-hybridized carbons (Fsp3) is 1.00. The van der Waals surface area contributed by atoms with E-state index in [2.05, 4.69) is 6.92 Å². The highest BCUT2D eigenvalue weighted by Crippen LogP contribution is 2.42. The molecule has 2 radical (unpaired) electrons. The Bertz CT molecular complexity index is 163. The van der Waals surface area contributed by atoms with E-state index in [9.17, 15) is 0 Å². The molecule has 0 amide bonds. The fourth-order valence-electron chi connectivity index (χ4n) is 3.02. The molecule has 72 valence electrons. The van der Waals surface area contributed by atoms with E-state index < -0.39 is 0 Å². The molecule has 13 heavy (non-hydrogen) atoms. The molecular weight excluding hydrogens is 155 g/mol. The Morgan fingerprint density at radius 3 is 2.38 bits per heavy atom. The highest BCUT2D eigenvalue weighted by molar-refractivity contribution is 6.11. The van der Waals surface area contributed by atoms with Crippen LogP contribution in [0.5, 0.6) is 0 Å². The first-order chi connectivity index (χ1) is 6.25. The molecule has 2 aliphatic carbocycles. The maximum Gasteiger partial charge on any atom is 0.0699 e. The highest BCUT2D eigenvalue weighted by atomic mass is 14.3. The van der Waals surface area contributed by atoms with Crippen molar-refractivity contribution >= 4 is 7.85 Å². The van der Waals surface area contributed by atoms with Gasteiger partial charge in [0.15, 0.2) is 0 Å². The molecule has 0 aromatic heterocycles. The topological polar surface area (TPSA) is 0 Å². The zero-order valence-corrected chi connectivity index (χ0v) is 8.84. The van der Waals surface area contributed by atoms with Crippen LogP contribution >= 0.6 is 0 Å². The van der Waals surface area contributed by atoms with Gasteiger partial charge in [-0.3, -0.25) is 0 Å². The lowest BCUT2D eigenvalue weighted by Gasteiger charge is -2.27. The average molecular weight is 176 g/mol. The fourth-order valence-corrected chi connectivity index (χ4v) is 3.02. The monoisotopic (exact) mass is 176 g/mol. The molecule has 0 aliphatic heterocycles. The first-order valence-electron chi connectivity index (χ1n) is 6.01. The summed E-state index contributed by atoms with van der Waals surface area (Å²) in [5.41, 5.74) is 0. The van der Waals surface area contributed by atoms with E-state index in [1.165, 1.54) is 44.9 Å². The first-order valence-corrected chi connectivity index (χ1v) is 6.01. The summed E-state index contributed by atoms with van der Waals surface area (Å²) < 4.78 is 0. The molecule has 0 spiro atoms. The summed E-state index contributed by atoms with van der Waals surface area (Å²) in [6.45, 7) is 2.39. The van der Waals surface area contributed by atoms with Gasteiger partial charge in [0.05, 0.1) is 7.85 Å². The maximum absolute atomic E-state index is 5.97. The van der Waals surface area contributed by atoms with E-state index in [-0.39, 0.29) is 0 Å². The van der Waals surface area contributed by atoms with Gasteiger partial charge in [0.2, 0.25) is 0 Å². The Morgan fingerprint density at radius 2 is 1.92 bits per heavy atom. The lowest BCUT2D eigenvalue weighted by molar-refractivity contribution is 0.255. The van der Waals surface area contributed by atoms with Gasteiger partial charge in [-0.25, -0.2) is 0 Å². The second-order valence-corrected chi connectivity index (χ2v) is 5.34. The van der Waals surface area contributed by atoms with Gasteiger partial charge in [-0.15, -0.1) is 0 Å². The van der Waals surface area contributed by atoms with E-state index in [4.69, 9.17) is 7.85 Å². The van der Waals surface area contributed by atoms with Gasteiger partial charge in [-0.1, -0.05) is 51.3 Å². The van der Waals surface area contributed by atoms with Crippen LogP contribution in [0, 0.1) is 17.8 Å². The summed E-state index contributed by atoms with van der Waals surface area (Å²) in [6.07, 6.45) is 10.0. The molecule has 2 fully saturated rings. The molecule has 2 aliphatic rings. The van der Waals surface area contributed by atoms with Crippen molar-refractivity contribution in [2.45, 2.75) is 57.7 Å². The molecule has 3 unspecified atom stereocenters. The van der Waals surface area contributed by atoms with E-state index >= 15 is 0 Å². The zero-order chi connectivity index (χ0) is 9.26. The Morgan fingerprint density at radius 1 is 1.15 bits per heavy atom. The second-order valence-electron chi connectivity index (χ2n) is 5.34. The van der Waals surface area contributed by atoms with Crippen LogP contribution in [0.2, 0.25) is 5.82 Å². The number of hydrogen-bond donors (Lipinski definition) is 0. The summed E-state index contributed by atoms with van der Waals surface area (Å²) >= 11 is 0. The van der Waals surface area contributed by atoms with Crippen molar-refractivity contribution in [2.75, 3.05) is 0 Å². The van der Waals surface area contributed by atoms with Crippen molar-refractivity contribution in [3.8, 4) is 0 Å². The lowest BCUT2D eigenvalue weighted by atomic mass is 9.79. The molecule has 3 atom stereocenters. The Labute approximate surface area is 83.9 Å². The summed E-state index contributed by atoms with van der Waals surface area (Å²) in [6, 6.07) is 0. The van der Waals surface area contributed by atoms with Crippen molar-refractivity contribution in [1.29, 1.82) is 0 Å². The molecule has 0 N–H and O–H groups in total. The van der Waals surface area contributed by atoms with Crippen LogP contribution in [-0.2, 0) is 0 Å². The summed E-state index contributed by atoms with van der Waals surface area (Å²) in [4.78, 5) is 0. The van der Waals surface area contributed by atoms with Gasteiger partial charge in [0.25, 0.3) is 0 Å². The van der Waals surface area contributed by atoms with Crippen LogP contribution in [0.1, 0.15) is 51.9 Å². The van der Waals surface area contributed by atoms with Crippen molar-refractivity contribution in [2.24, 2.45) is 17.8 Å². The van der Waals surface area contributed by atoms with Crippen LogP contribution in [-0.4, -0.2) is 7.85 Å². The predicted molar refractivity (Wildman–Crippen MR) is 58.0 cm³/mol. The van der Waals surface area contributed by atoms with Gasteiger partial charge >= 0.3 is 0 Å².